The maximum atomic E-state index is 13.0. The van der Waals surface area contributed by atoms with Gasteiger partial charge in [0.05, 0.1) is 0 Å². The SMILES string of the molecule is Cc1ccc(NC(=O)C2CCC(C(=O)N3CCc4ccccc43)CC2)cc1C. The Kier molecular flexibility index (Phi) is 5.21. The van der Waals surface area contributed by atoms with Crippen molar-refractivity contribution in [3.8, 4) is 0 Å². The number of rotatable bonds is 3. The highest BCUT2D eigenvalue weighted by Gasteiger charge is 2.34. The molecular formula is C24H28N2O2. The summed E-state index contributed by atoms with van der Waals surface area (Å²) in [5, 5.41) is 3.06. The number of nitrogens with zero attached hydrogens (tertiary/aromatic N) is 1. The lowest BCUT2D eigenvalue weighted by Gasteiger charge is -2.30. The molecule has 1 heterocycles. The number of nitrogens with one attached hydrogen (secondary N) is 1. The maximum Gasteiger partial charge on any atom is 0.230 e. The number of benzene rings is 2. The van der Waals surface area contributed by atoms with Crippen molar-refractivity contribution in [3.05, 3.63) is 59.2 Å². The molecule has 0 unspecified atom stereocenters. The molecule has 4 rings (SSSR count). The fraction of sp³-hybridized carbons (Fsp3) is 0.417. The molecule has 0 spiro atoms. The quantitative estimate of drug-likeness (QED) is 0.848. The average Bonchev–Trinajstić information content (AvgIpc) is 3.14. The van der Waals surface area contributed by atoms with Crippen molar-refractivity contribution in [2.45, 2.75) is 46.0 Å². The van der Waals surface area contributed by atoms with Gasteiger partial charge in [-0.2, -0.15) is 0 Å². The Hall–Kier alpha value is -2.62. The van der Waals surface area contributed by atoms with Crippen LogP contribution in [0.15, 0.2) is 42.5 Å². The summed E-state index contributed by atoms with van der Waals surface area (Å²) >= 11 is 0. The summed E-state index contributed by atoms with van der Waals surface area (Å²) in [5.74, 6) is 0.354. The second kappa shape index (κ2) is 7.78. The van der Waals surface area contributed by atoms with E-state index >= 15 is 0 Å². The van der Waals surface area contributed by atoms with Gasteiger partial charge in [-0.1, -0.05) is 24.3 Å². The van der Waals surface area contributed by atoms with Crippen LogP contribution in [0.25, 0.3) is 0 Å². The van der Waals surface area contributed by atoms with E-state index < -0.39 is 0 Å². The van der Waals surface area contributed by atoms with Gasteiger partial charge in [-0.3, -0.25) is 9.59 Å². The molecule has 4 heteroatoms. The number of hydrogen-bond acceptors (Lipinski definition) is 2. The lowest BCUT2D eigenvalue weighted by atomic mass is 9.81. The second-order valence-electron chi connectivity index (χ2n) is 8.21. The summed E-state index contributed by atoms with van der Waals surface area (Å²) in [4.78, 5) is 27.6. The highest BCUT2D eigenvalue weighted by Crippen LogP contribution is 2.35. The molecule has 0 bridgehead atoms. The van der Waals surface area contributed by atoms with E-state index in [1.54, 1.807) is 0 Å². The molecule has 146 valence electrons. The molecule has 0 radical (unpaired) electrons. The molecule has 0 saturated heterocycles. The smallest absolute Gasteiger partial charge is 0.230 e. The van der Waals surface area contributed by atoms with Crippen LogP contribution in [0.1, 0.15) is 42.4 Å². The number of anilines is 2. The average molecular weight is 377 g/mol. The van der Waals surface area contributed by atoms with Gasteiger partial charge in [0.25, 0.3) is 0 Å². The van der Waals surface area contributed by atoms with Gasteiger partial charge in [0.15, 0.2) is 0 Å². The van der Waals surface area contributed by atoms with E-state index in [9.17, 15) is 9.59 Å². The van der Waals surface area contributed by atoms with E-state index in [2.05, 4.69) is 25.2 Å². The first kappa shape index (κ1) is 18.7. The van der Waals surface area contributed by atoms with E-state index in [4.69, 9.17) is 0 Å². The monoisotopic (exact) mass is 376 g/mol. The van der Waals surface area contributed by atoms with Crippen LogP contribution in [0.4, 0.5) is 11.4 Å². The Morgan fingerprint density at radius 1 is 0.929 bits per heavy atom. The standard InChI is InChI=1S/C24H28N2O2/c1-16-7-12-21(15-17(16)2)25-23(27)19-8-10-20(11-9-19)24(28)26-14-13-18-5-3-4-6-22(18)26/h3-7,12,15,19-20H,8-11,13-14H2,1-2H3,(H,25,27). The lowest BCUT2D eigenvalue weighted by molar-refractivity contribution is -0.126. The van der Waals surface area contributed by atoms with E-state index in [-0.39, 0.29) is 23.7 Å². The summed E-state index contributed by atoms with van der Waals surface area (Å²) in [6, 6.07) is 14.2. The van der Waals surface area contributed by atoms with E-state index in [0.717, 1.165) is 50.0 Å². The summed E-state index contributed by atoms with van der Waals surface area (Å²) < 4.78 is 0. The normalized spacial score (nSPS) is 21.3. The maximum absolute atomic E-state index is 13.0. The minimum atomic E-state index is -0.00322. The number of fused-ring (bicyclic) bond motifs is 1. The van der Waals surface area contributed by atoms with Crippen molar-refractivity contribution in [2.24, 2.45) is 11.8 Å². The zero-order valence-electron chi connectivity index (χ0n) is 16.7. The minimum absolute atomic E-state index is 0.00322. The number of amides is 2. The summed E-state index contributed by atoms with van der Waals surface area (Å²) in [7, 11) is 0. The summed E-state index contributed by atoms with van der Waals surface area (Å²) in [5.41, 5.74) is 5.60. The first-order chi connectivity index (χ1) is 13.5. The molecule has 1 N–H and O–H groups in total. The molecule has 1 aliphatic heterocycles. The number of carbonyl (C=O) groups is 2. The number of aryl methyl sites for hydroxylation is 2. The van der Waals surface area contributed by atoms with Crippen LogP contribution in [0.2, 0.25) is 0 Å². The van der Waals surface area contributed by atoms with Crippen LogP contribution >= 0.6 is 0 Å². The van der Waals surface area contributed by atoms with E-state index in [1.165, 1.54) is 16.7 Å². The number of hydrogen-bond donors (Lipinski definition) is 1. The number of carbonyl (C=O) groups excluding carboxylic acids is 2. The predicted octanol–water partition coefficient (Wildman–Crippen LogP) is 4.64. The van der Waals surface area contributed by atoms with Crippen LogP contribution in [0.3, 0.4) is 0 Å². The third-order valence-electron chi connectivity index (χ3n) is 6.37. The topological polar surface area (TPSA) is 49.4 Å². The Bertz CT molecular complexity index is 897. The van der Waals surface area contributed by atoms with Crippen molar-refractivity contribution in [1.29, 1.82) is 0 Å². The molecule has 0 atom stereocenters. The molecular weight excluding hydrogens is 348 g/mol. The first-order valence-corrected chi connectivity index (χ1v) is 10.3. The van der Waals surface area contributed by atoms with Gasteiger partial charge in [-0.05, 0) is 80.8 Å². The molecule has 1 aliphatic carbocycles. The fourth-order valence-electron chi connectivity index (χ4n) is 4.45. The van der Waals surface area contributed by atoms with Gasteiger partial charge in [-0.25, -0.2) is 0 Å². The molecule has 1 fully saturated rings. The molecule has 2 aromatic rings. The third-order valence-corrected chi connectivity index (χ3v) is 6.37. The molecule has 2 amide bonds. The predicted molar refractivity (Wildman–Crippen MR) is 112 cm³/mol. The van der Waals surface area contributed by atoms with E-state index in [0.29, 0.717) is 0 Å². The van der Waals surface area contributed by atoms with Crippen molar-refractivity contribution < 1.29 is 9.59 Å². The van der Waals surface area contributed by atoms with Gasteiger partial charge in [-0.15, -0.1) is 0 Å². The van der Waals surface area contributed by atoms with Crippen molar-refractivity contribution in [1.82, 2.24) is 0 Å². The van der Waals surface area contributed by atoms with Crippen LogP contribution in [-0.4, -0.2) is 18.4 Å². The second-order valence-corrected chi connectivity index (χ2v) is 8.21. The molecule has 2 aliphatic rings. The highest BCUT2D eigenvalue weighted by atomic mass is 16.2. The Morgan fingerprint density at radius 3 is 2.39 bits per heavy atom. The Labute approximate surface area is 166 Å². The van der Waals surface area contributed by atoms with Crippen LogP contribution in [0, 0.1) is 25.7 Å². The van der Waals surface area contributed by atoms with Crippen molar-refractivity contribution in [3.63, 3.8) is 0 Å². The summed E-state index contributed by atoms with van der Waals surface area (Å²) in [6.45, 7) is 4.90. The molecule has 1 saturated carbocycles. The highest BCUT2D eigenvalue weighted by molar-refractivity contribution is 5.97. The molecule has 28 heavy (non-hydrogen) atoms. The third kappa shape index (κ3) is 3.68. The largest absolute Gasteiger partial charge is 0.326 e. The van der Waals surface area contributed by atoms with Crippen LogP contribution in [-0.2, 0) is 16.0 Å². The zero-order valence-corrected chi connectivity index (χ0v) is 16.7. The molecule has 2 aromatic carbocycles. The van der Waals surface area contributed by atoms with Crippen molar-refractivity contribution in [2.75, 3.05) is 16.8 Å². The van der Waals surface area contributed by atoms with Gasteiger partial charge >= 0.3 is 0 Å². The molecule has 4 nitrogen and oxygen atoms in total. The van der Waals surface area contributed by atoms with Gasteiger partial charge < -0.3 is 10.2 Å². The zero-order chi connectivity index (χ0) is 19.7. The fourth-order valence-corrected chi connectivity index (χ4v) is 4.45. The van der Waals surface area contributed by atoms with Gasteiger partial charge in [0.2, 0.25) is 11.8 Å². The lowest BCUT2D eigenvalue weighted by Crippen LogP contribution is -2.38. The minimum Gasteiger partial charge on any atom is -0.326 e. The van der Waals surface area contributed by atoms with Gasteiger partial charge in [0.1, 0.15) is 0 Å². The van der Waals surface area contributed by atoms with Crippen LogP contribution in [0.5, 0.6) is 0 Å². The van der Waals surface area contributed by atoms with E-state index in [1.807, 2.05) is 41.3 Å². The first-order valence-electron chi connectivity index (χ1n) is 10.3. The van der Waals surface area contributed by atoms with Crippen molar-refractivity contribution >= 4 is 23.2 Å². The van der Waals surface area contributed by atoms with Gasteiger partial charge in [0, 0.05) is 29.8 Å². The number of para-hydroxylation sites is 1. The Morgan fingerprint density at radius 2 is 1.64 bits per heavy atom. The van der Waals surface area contributed by atoms with Crippen LogP contribution < -0.4 is 10.2 Å². The Balaban J connectivity index is 1.33. The molecule has 0 aromatic heterocycles. The summed E-state index contributed by atoms with van der Waals surface area (Å²) in [6.07, 6.45) is 4.09.